The molecule has 41 heavy (non-hydrogen) atoms. The molecule has 0 radical (unpaired) electrons. The lowest BCUT2D eigenvalue weighted by atomic mass is 10.1. The Labute approximate surface area is 246 Å². The summed E-state index contributed by atoms with van der Waals surface area (Å²) in [5.41, 5.74) is 3.64. The zero-order chi connectivity index (χ0) is 29.0. The summed E-state index contributed by atoms with van der Waals surface area (Å²) >= 11 is 6.28. The van der Waals surface area contributed by atoms with E-state index in [1.807, 2.05) is 48.2 Å². The molecule has 0 saturated carbocycles. The van der Waals surface area contributed by atoms with E-state index < -0.39 is 10.0 Å². The summed E-state index contributed by atoms with van der Waals surface area (Å²) in [6.07, 6.45) is 0. The molecule has 4 aromatic rings. The average molecular weight is 590 g/mol. The van der Waals surface area contributed by atoms with Crippen molar-refractivity contribution in [2.75, 3.05) is 42.5 Å². The van der Waals surface area contributed by atoms with Crippen LogP contribution < -0.4 is 13.9 Å². The van der Waals surface area contributed by atoms with Gasteiger partial charge in [0.05, 0.1) is 29.9 Å². The molecule has 1 aliphatic heterocycles. The van der Waals surface area contributed by atoms with Crippen molar-refractivity contribution < 1.29 is 17.9 Å². The maximum Gasteiger partial charge on any atom is 0.264 e. The van der Waals surface area contributed by atoms with Gasteiger partial charge >= 0.3 is 0 Å². The van der Waals surface area contributed by atoms with Crippen molar-refractivity contribution in [1.29, 1.82) is 0 Å². The number of nitrogens with zero attached hydrogens (tertiary/aromatic N) is 3. The number of hydrogen-bond acceptors (Lipinski definition) is 5. The van der Waals surface area contributed by atoms with Crippen LogP contribution in [-0.4, -0.2) is 52.5 Å². The largest absolute Gasteiger partial charge is 0.495 e. The van der Waals surface area contributed by atoms with Crippen molar-refractivity contribution in [3.05, 3.63) is 119 Å². The van der Waals surface area contributed by atoms with Crippen molar-refractivity contribution >= 4 is 38.9 Å². The zero-order valence-electron chi connectivity index (χ0n) is 23.0. The molecule has 5 rings (SSSR count). The first kappa shape index (κ1) is 28.5. The molecule has 0 atom stereocenters. The Morgan fingerprint density at radius 2 is 1.54 bits per heavy atom. The first-order chi connectivity index (χ1) is 19.8. The van der Waals surface area contributed by atoms with Crippen molar-refractivity contribution in [3.8, 4) is 5.75 Å². The van der Waals surface area contributed by atoms with Crippen LogP contribution in [0.1, 0.15) is 21.5 Å². The summed E-state index contributed by atoms with van der Waals surface area (Å²) in [7, 11) is -2.22. The third-order valence-electron chi connectivity index (χ3n) is 7.29. The Hall–Kier alpha value is -4.01. The van der Waals surface area contributed by atoms with E-state index in [4.69, 9.17) is 16.3 Å². The number of benzene rings is 4. The monoisotopic (exact) mass is 589 g/mol. The van der Waals surface area contributed by atoms with Crippen LogP contribution in [0, 0.1) is 6.92 Å². The third-order valence-corrected chi connectivity index (χ3v) is 9.30. The predicted octanol–water partition coefficient (Wildman–Crippen LogP) is 6.01. The summed E-state index contributed by atoms with van der Waals surface area (Å²) in [6.45, 7) is 4.54. The van der Waals surface area contributed by atoms with Gasteiger partial charge in [-0.2, -0.15) is 0 Å². The van der Waals surface area contributed by atoms with Gasteiger partial charge < -0.3 is 14.5 Å². The third kappa shape index (κ3) is 6.19. The summed E-state index contributed by atoms with van der Waals surface area (Å²) in [4.78, 5) is 17.6. The molecule has 0 spiro atoms. The fraction of sp³-hybridized carbons (Fsp3) is 0.219. The second-order valence-corrected chi connectivity index (χ2v) is 12.2. The summed E-state index contributed by atoms with van der Waals surface area (Å²) < 4.78 is 34.4. The van der Waals surface area contributed by atoms with Crippen LogP contribution in [0.15, 0.2) is 102 Å². The number of sulfonamides is 1. The van der Waals surface area contributed by atoms with E-state index in [1.165, 1.54) is 4.31 Å². The lowest BCUT2D eigenvalue weighted by Crippen LogP contribution is -2.48. The lowest BCUT2D eigenvalue weighted by molar-refractivity contribution is 0.0746. The number of carbonyl (C=O) groups excluding carboxylic acids is 1. The van der Waals surface area contributed by atoms with Gasteiger partial charge in [0, 0.05) is 36.8 Å². The van der Waals surface area contributed by atoms with Gasteiger partial charge in [-0.15, -0.1) is 0 Å². The molecule has 1 aliphatic rings. The van der Waals surface area contributed by atoms with Gasteiger partial charge in [-0.05, 0) is 66.6 Å². The number of carbonyl (C=O) groups is 1. The van der Waals surface area contributed by atoms with E-state index in [0.29, 0.717) is 42.5 Å². The molecule has 0 bridgehead atoms. The molecule has 0 N–H and O–H groups in total. The number of piperazine rings is 1. The second kappa shape index (κ2) is 12.2. The maximum absolute atomic E-state index is 13.8. The molecule has 1 heterocycles. The molecule has 1 amide bonds. The highest BCUT2D eigenvalue weighted by Gasteiger charge is 2.27. The molecule has 0 aromatic heterocycles. The zero-order valence-corrected chi connectivity index (χ0v) is 24.6. The smallest absolute Gasteiger partial charge is 0.264 e. The summed E-state index contributed by atoms with van der Waals surface area (Å²) in [6, 6.07) is 28.6. The number of aryl methyl sites for hydroxylation is 1. The highest BCUT2D eigenvalue weighted by molar-refractivity contribution is 7.92. The number of methoxy groups -OCH3 is 1. The Bertz CT molecular complexity index is 1620. The van der Waals surface area contributed by atoms with Crippen LogP contribution >= 0.6 is 11.6 Å². The van der Waals surface area contributed by atoms with Gasteiger partial charge in [-0.1, -0.05) is 60.1 Å². The second-order valence-electron chi connectivity index (χ2n) is 9.90. The highest BCUT2D eigenvalue weighted by Crippen LogP contribution is 2.32. The number of halogens is 1. The Kier molecular flexibility index (Phi) is 8.52. The fourth-order valence-electron chi connectivity index (χ4n) is 5.01. The van der Waals surface area contributed by atoms with E-state index in [0.717, 1.165) is 22.6 Å². The number of hydrogen-bond donors (Lipinski definition) is 0. The predicted molar refractivity (Wildman–Crippen MR) is 164 cm³/mol. The first-order valence-electron chi connectivity index (χ1n) is 13.4. The van der Waals surface area contributed by atoms with Gasteiger partial charge in [-0.25, -0.2) is 8.42 Å². The minimum Gasteiger partial charge on any atom is -0.495 e. The Balaban J connectivity index is 1.33. The van der Waals surface area contributed by atoms with Gasteiger partial charge in [0.15, 0.2) is 0 Å². The van der Waals surface area contributed by atoms with Gasteiger partial charge in [0.25, 0.3) is 15.9 Å². The minimum atomic E-state index is -3.88. The van der Waals surface area contributed by atoms with Crippen LogP contribution in [0.3, 0.4) is 0 Å². The van der Waals surface area contributed by atoms with E-state index >= 15 is 0 Å². The molecule has 212 valence electrons. The molecule has 1 saturated heterocycles. The van der Waals surface area contributed by atoms with Crippen LogP contribution in [0.2, 0.25) is 5.02 Å². The molecule has 0 aliphatic carbocycles. The van der Waals surface area contributed by atoms with Crippen LogP contribution in [0.25, 0.3) is 0 Å². The number of rotatable bonds is 8. The number of anilines is 2. The summed E-state index contributed by atoms with van der Waals surface area (Å²) in [5.74, 6) is 0.773. The number of para-hydroxylation sites is 2. The molecule has 1 fully saturated rings. The lowest BCUT2D eigenvalue weighted by Gasteiger charge is -2.36. The van der Waals surface area contributed by atoms with E-state index in [2.05, 4.69) is 4.90 Å². The van der Waals surface area contributed by atoms with E-state index in [1.54, 1.807) is 67.8 Å². The van der Waals surface area contributed by atoms with Crippen LogP contribution in [0.4, 0.5) is 11.4 Å². The number of amides is 1. The van der Waals surface area contributed by atoms with E-state index in [-0.39, 0.29) is 17.3 Å². The van der Waals surface area contributed by atoms with Gasteiger partial charge in [0.2, 0.25) is 0 Å². The topological polar surface area (TPSA) is 70.2 Å². The standard InChI is InChI=1S/C32H32ClN3O4S/c1-24-12-17-27(33)22-30(24)36(41(38,39)28-8-4-3-5-9-28)23-25-13-15-26(16-14-25)32(37)35-20-18-34(19-21-35)29-10-6-7-11-31(29)40-2/h3-17,22H,18-21,23H2,1-2H3. The maximum atomic E-state index is 13.8. The molecule has 0 unspecified atom stereocenters. The fourth-order valence-corrected chi connectivity index (χ4v) is 6.71. The van der Waals surface area contributed by atoms with E-state index in [9.17, 15) is 13.2 Å². The van der Waals surface area contributed by atoms with Crippen LogP contribution in [0.5, 0.6) is 5.75 Å². The van der Waals surface area contributed by atoms with Crippen molar-refractivity contribution in [3.63, 3.8) is 0 Å². The average Bonchev–Trinajstić information content (AvgIpc) is 3.01. The van der Waals surface area contributed by atoms with Crippen molar-refractivity contribution in [2.24, 2.45) is 0 Å². The molecule has 4 aromatic carbocycles. The van der Waals surface area contributed by atoms with Crippen molar-refractivity contribution in [1.82, 2.24) is 4.90 Å². The Morgan fingerprint density at radius 1 is 0.878 bits per heavy atom. The summed E-state index contributed by atoms with van der Waals surface area (Å²) in [5, 5.41) is 0.450. The van der Waals surface area contributed by atoms with Crippen molar-refractivity contribution in [2.45, 2.75) is 18.4 Å². The molecular formula is C32H32ClN3O4S. The molecule has 9 heteroatoms. The minimum absolute atomic E-state index is 0.0457. The molecular weight excluding hydrogens is 558 g/mol. The van der Waals surface area contributed by atoms with Gasteiger partial charge in [-0.3, -0.25) is 9.10 Å². The quantitative estimate of drug-likeness (QED) is 0.252. The number of ether oxygens (including phenoxy) is 1. The Morgan fingerprint density at radius 3 is 2.22 bits per heavy atom. The SMILES string of the molecule is COc1ccccc1N1CCN(C(=O)c2ccc(CN(c3cc(Cl)ccc3C)S(=O)(=O)c3ccccc3)cc2)CC1. The van der Waals surface area contributed by atoms with Crippen LogP contribution in [-0.2, 0) is 16.6 Å². The normalized spacial score (nSPS) is 13.6. The highest BCUT2D eigenvalue weighted by atomic mass is 35.5. The molecule has 7 nitrogen and oxygen atoms in total. The van der Waals surface area contributed by atoms with Gasteiger partial charge in [0.1, 0.15) is 5.75 Å². The first-order valence-corrected chi connectivity index (χ1v) is 15.2.